The molecule has 0 aliphatic carbocycles. The molecule has 0 saturated heterocycles. The average Bonchev–Trinajstić information content (AvgIpc) is 2.53. The molecular formula is C17H15ClN2O2. The Morgan fingerprint density at radius 2 is 1.95 bits per heavy atom. The molecule has 22 heavy (non-hydrogen) atoms. The highest BCUT2D eigenvalue weighted by atomic mass is 35.5. The van der Waals surface area contributed by atoms with E-state index in [4.69, 9.17) is 27.7 Å². The summed E-state index contributed by atoms with van der Waals surface area (Å²) >= 11 is 6.25. The van der Waals surface area contributed by atoms with Gasteiger partial charge in [0.05, 0.1) is 18.1 Å². The number of carbonyl (C=O) groups is 1. The van der Waals surface area contributed by atoms with E-state index in [0.717, 1.165) is 16.7 Å². The maximum absolute atomic E-state index is 10.9. The van der Waals surface area contributed by atoms with Crippen molar-refractivity contribution < 1.29 is 9.90 Å². The molecule has 0 amide bonds. The lowest BCUT2D eigenvalue weighted by molar-refractivity contribution is -0.137. The van der Waals surface area contributed by atoms with Crippen LogP contribution in [0.15, 0.2) is 42.5 Å². The van der Waals surface area contributed by atoms with Crippen LogP contribution in [0.2, 0.25) is 5.02 Å². The number of nitriles is 1. The first-order valence-electron chi connectivity index (χ1n) is 6.77. The lowest BCUT2D eigenvalue weighted by Gasteiger charge is -2.15. The number of carboxylic acids is 1. The van der Waals surface area contributed by atoms with Gasteiger partial charge in [0.25, 0.3) is 0 Å². The van der Waals surface area contributed by atoms with Crippen LogP contribution < -0.4 is 5.73 Å². The first kappa shape index (κ1) is 16.0. The zero-order chi connectivity index (χ0) is 16.1. The Balaban J connectivity index is 2.41. The van der Waals surface area contributed by atoms with Gasteiger partial charge in [-0.05, 0) is 41.9 Å². The number of carboxylic acid groups (broad SMARTS) is 1. The van der Waals surface area contributed by atoms with Crippen molar-refractivity contribution in [3.63, 3.8) is 0 Å². The van der Waals surface area contributed by atoms with Gasteiger partial charge in [-0.25, -0.2) is 0 Å². The fourth-order valence-electron chi connectivity index (χ4n) is 2.29. The van der Waals surface area contributed by atoms with E-state index in [1.165, 1.54) is 0 Å². The van der Waals surface area contributed by atoms with E-state index in [1.807, 2.05) is 18.2 Å². The molecule has 2 aromatic rings. The van der Waals surface area contributed by atoms with Crippen LogP contribution in [0.3, 0.4) is 0 Å². The molecule has 0 aliphatic rings. The summed E-state index contributed by atoms with van der Waals surface area (Å²) in [6, 6.07) is 14.5. The van der Waals surface area contributed by atoms with E-state index in [9.17, 15) is 4.79 Å². The van der Waals surface area contributed by atoms with Crippen LogP contribution in [-0.2, 0) is 4.79 Å². The van der Waals surface area contributed by atoms with Crippen molar-refractivity contribution in [2.24, 2.45) is 5.73 Å². The maximum atomic E-state index is 10.9. The molecule has 2 aromatic carbocycles. The number of halogens is 1. The van der Waals surface area contributed by atoms with Gasteiger partial charge in [0.15, 0.2) is 0 Å². The van der Waals surface area contributed by atoms with Crippen LogP contribution >= 0.6 is 11.6 Å². The van der Waals surface area contributed by atoms with Crippen molar-refractivity contribution in [1.29, 1.82) is 5.26 Å². The molecule has 0 aromatic heterocycles. The second-order valence-electron chi connectivity index (χ2n) is 4.96. The monoisotopic (exact) mass is 314 g/mol. The van der Waals surface area contributed by atoms with Gasteiger partial charge in [-0.3, -0.25) is 4.79 Å². The highest BCUT2D eigenvalue weighted by molar-refractivity contribution is 6.33. The van der Waals surface area contributed by atoms with Gasteiger partial charge in [-0.1, -0.05) is 29.8 Å². The number of hydrogen-bond donors (Lipinski definition) is 2. The van der Waals surface area contributed by atoms with Crippen molar-refractivity contribution in [2.75, 3.05) is 6.54 Å². The molecule has 3 N–H and O–H groups in total. The fourth-order valence-corrected chi connectivity index (χ4v) is 2.52. The van der Waals surface area contributed by atoms with Crippen LogP contribution in [0.1, 0.15) is 23.5 Å². The third kappa shape index (κ3) is 3.64. The van der Waals surface area contributed by atoms with Gasteiger partial charge < -0.3 is 10.8 Å². The van der Waals surface area contributed by atoms with Crippen LogP contribution in [-0.4, -0.2) is 17.6 Å². The summed E-state index contributed by atoms with van der Waals surface area (Å²) in [6.45, 7) is 0.251. The Morgan fingerprint density at radius 1 is 1.27 bits per heavy atom. The van der Waals surface area contributed by atoms with Gasteiger partial charge in [0.1, 0.15) is 0 Å². The van der Waals surface area contributed by atoms with E-state index in [1.54, 1.807) is 24.3 Å². The first-order valence-corrected chi connectivity index (χ1v) is 7.14. The molecule has 0 spiro atoms. The smallest absolute Gasteiger partial charge is 0.304 e. The predicted molar refractivity (Wildman–Crippen MR) is 85.7 cm³/mol. The molecule has 0 heterocycles. The number of nitrogens with two attached hydrogens (primary N) is 1. The number of nitrogens with zero attached hydrogens (tertiary/aromatic N) is 1. The zero-order valence-electron chi connectivity index (χ0n) is 11.8. The Labute approximate surface area is 133 Å². The van der Waals surface area contributed by atoms with Crippen molar-refractivity contribution in [1.82, 2.24) is 0 Å². The lowest BCUT2D eigenvalue weighted by atomic mass is 9.92. The zero-order valence-corrected chi connectivity index (χ0v) is 12.5. The molecular weight excluding hydrogens is 300 g/mol. The highest BCUT2D eigenvalue weighted by Gasteiger charge is 2.16. The average molecular weight is 315 g/mol. The summed E-state index contributed by atoms with van der Waals surface area (Å²) in [5.41, 5.74) is 8.77. The van der Waals surface area contributed by atoms with Crippen molar-refractivity contribution in [3.05, 3.63) is 58.6 Å². The van der Waals surface area contributed by atoms with Crippen molar-refractivity contribution in [3.8, 4) is 17.2 Å². The second kappa shape index (κ2) is 7.08. The summed E-state index contributed by atoms with van der Waals surface area (Å²) in [7, 11) is 0. The summed E-state index contributed by atoms with van der Waals surface area (Å²) in [6.07, 6.45) is -0.0229. The standard InChI is InChI=1S/C17H15ClN2O2/c18-16-6-5-13(14(10-20)8-17(21)22)7-15(16)12-3-1-11(9-19)2-4-12/h1-7,14H,8,10,20H2,(H,21,22)/t14-/m0/s1. The highest BCUT2D eigenvalue weighted by Crippen LogP contribution is 2.32. The van der Waals surface area contributed by atoms with Crippen LogP contribution in [0.25, 0.3) is 11.1 Å². The lowest BCUT2D eigenvalue weighted by Crippen LogP contribution is -2.16. The molecule has 112 valence electrons. The summed E-state index contributed by atoms with van der Waals surface area (Å²) in [5.74, 6) is -1.14. The van der Waals surface area contributed by atoms with Crippen LogP contribution in [0.4, 0.5) is 0 Å². The number of hydrogen-bond acceptors (Lipinski definition) is 3. The molecule has 5 heteroatoms. The minimum absolute atomic E-state index is 0.0229. The maximum Gasteiger partial charge on any atom is 0.304 e. The Bertz CT molecular complexity index is 720. The quantitative estimate of drug-likeness (QED) is 0.885. The Morgan fingerprint density at radius 3 is 2.50 bits per heavy atom. The third-order valence-corrected chi connectivity index (χ3v) is 3.82. The van der Waals surface area contributed by atoms with Crippen LogP contribution in [0.5, 0.6) is 0 Å². The molecule has 4 nitrogen and oxygen atoms in total. The molecule has 0 saturated carbocycles. The first-order chi connectivity index (χ1) is 10.5. The number of aliphatic carboxylic acids is 1. The third-order valence-electron chi connectivity index (χ3n) is 3.49. The molecule has 0 fully saturated rings. The number of rotatable bonds is 5. The molecule has 0 radical (unpaired) electrons. The van der Waals surface area contributed by atoms with E-state index in [2.05, 4.69) is 6.07 Å². The largest absolute Gasteiger partial charge is 0.481 e. The number of benzene rings is 2. The fraction of sp³-hybridized carbons (Fsp3) is 0.176. The molecule has 0 aliphatic heterocycles. The van der Waals surface area contributed by atoms with Gasteiger partial charge >= 0.3 is 5.97 Å². The van der Waals surface area contributed by atoms with Gasteiger partial charge in [0, 0.05) is 16.5 Å². The second-order valence-corrected chi connectivity index (χ2v) is 5.37. The summed E-state index contributed by atoms with van der Waals surface area (Å²) < 4.78 is 0. The van der Waals surface area contributed by atoms with Gasteiger partial charge in [-0.15, -0.1) is 0 Å². The predicted octanol–water partition coefficient (Wildman–Crippen LogP) is 3.40. The normalized spacial score (nSPS) is 11.7. The summed E-state index contributed by atoms with van der Waals surface area (Å²) in [5, 5.41) is 18.4. The molecule has 0 unspecified atom stereocenters. The molecule has 2 rings (SSSR count). The molecule has 0 bridgehead atoms. The topological polar surface area (TPSA) is 87.1 Å². The van der Waals surface area contributed by atoms with E-state index < -0.39 is 5.97 Å². The van der Waals surface area contributed by atoms with Gasteiger partial charge in [-0.2, -0.15) is 5.26 Å². The molecule has 1 atom stereocenters. The van der Waals surface area contributed by atoms with E-state index in [0.29, 0.717) is 10.6 Å². The van der Waals surface area contributed by atoms with Gasteiger partial charge in [0.2, 0.25) is 0 Å². The van der Waals surface area contributed by atoms with Crippen LogP contribution in [0, 0.1) is 11.3 Å². The minimum atomic E-state index is -0.884. The Hall–Kier alpha value is -2.35. The Kier molecular flexibility index (Phi) is 5.16. The van der Waals surface area contributed by atoms with Crippen molar-refractivity contribution in [2.45, 2.75) is 12.3 Å². The minimum Gasteiger partial charge on any atom is -0.481 e. The van der Waals surface area contributed by atoms with Crippen molar-refractivity contribution >= 4 is 17.6 Å². The van der Waals surface area contributed by atoms with E-state index in [-0.39, 0.29) is 18.9 Å². The van der Waals surface area contributed by atoms with E-state index >= 15 is 0 Å². The summed E-state index contributed by atoms with van der Waals surface area (Å²) in [4.78, 5) is 10.9. The SMILES string of the molecule is N#Cc1ccc(-c2cc([C@H](CN)CC(=O)O)ccc2Cl)cc1.